The first-order chi connectivity index (χ1) is 14.4. The van der Waals surface area contributed by atoms with E-state index in [0.717, 1.165) is 28.8 Å². The van der Waals surface area contributed by atoms with Gasteiger partial charge < -0.3 is 14.6 Å². The number of hydrogen-bond acceptors (Lipinski definition) is 4. The number of amides is 1. The molecule has 0 aliphatic carbocycles. The summed E-state index contributed by atoms with van der Waals surface area (Å²) in [5, 5.41) is 3.59. The van der Waals surface area contributed by atoms with Crippen LogP contribution in [0.5, 0.6) is 0 Å². The molecular weight excluding hydrogens is 402 g/mol. The number of esters is 1. The first-order valence-corrected chi connectivity index (χ1v) is 10.4. The highest BCUT2D eigenvalue weighted by Crippen LogP contribution is 2.17. The Kier molecular flexibility index (Phi) is 7.46. The Morgan fingerprint density at radius 2 is 1.87 bits per heavy atom. The number of nitrogens with zero attached hydrogens (tertiary/aromatic N) is 2. The normalized spacial score (nSPS) is 11.1. The van der Waals surface area contributed by atoms with E-state index in [9.17, 15) is 9.59 Å². The third-order valence-electron chi connectivity index (χ3n) is 4.57. The highest BCUT2D eigenvalue weighted by molar-refractivity contribution is 6.30. The van der Waals surface area contributed by atoms with Gasteiger partial charge in [0.1, 0.15) is 12.4 Å². The lowest BCUT2D eigenvalue weighted by Crippen LogP contribution is -2.26. The van der Waals surface area contributed by atoms with E-state index in [2.05, 4.69) is 10.3 Å². The van der Waals surface area contributed by atoms with Crippen molar-refractivity contribution in [2.75, 3.05) is 6.54 Å². The lowest BCUT2D eigenvalue weighted by molar-refractivity contribution is -0.148. The van der Waals surface area contributed by atoms with Gasteiger partial charge in [0.15, 0.2) is 0 Å². The number of benzene rings is 2. The molecule has 0 bridgehead atoms. The molecule has 2 aromatic carbocycles. The van der Waals surface area contributed by atoms with E-state index < -0.39 is 0 Å². The van der Waals surface area contributed by atoms with Crippen molar-refractivity contribution in [1.82, 2.24) is 14.9 Å². The van der Waals surface area contributed by atoms with Crippen LogP contribution in [0.4, 0.5) is 0 Å². The van der Waals surface area contributed by atoms with Gasteiger partial charge in [0, 0.05) is 18.0 Å². The minimum Gasteiger partial charge on any atom is -0.462 e. The second-order valence-electron chi connectivity index (χ2n) is 7.40. The lowest BCUT2D eigenvalue weighted by atomic mass is 10.1. The van der Waals surface area contributed by atoms with Crippen LogP contribution >= 0.6 is 11.6 Å². The fourth-order valence-electron chi connectivity index (χ4n) is 3.25. The van der Waals surface area contributed by atoms with Crippen molar-refractivity contribution in [3.63, 3.8) is 0 Å². The monoisotopic (exact) mass is 427 g/mol. The highest BCUT2D eigenvalue weighted by atomic mass is 35.5. The third-order valence-corrected chi connectivity index (χ3v) is 4.82. The van der Waals surface area contributed by atoms with Crippen LogP contribution in [0.15, 0.2) is 48.5 Å². The van der Waals surface area contributed by atoms with Gasteiger partial charge in [-0.05, 0) is 50.1 Å². The fraction of sp³-hybridized carbons (Fsp3) is 0.348. The topological polar surface area (TPSA) is 73.2 Å². The van der Waals surface area contributed by atoms with Crippen LogP contribution in [-0.2, 0) is 33.7 Å². The first-order valence-electron chi connectivity index (χ1n) is 10.1. The van der Waals surface area contributed by atoms with Crippen molar-refractivity contribution in [1.29, 1.82) is 0 Å². The Hall–Kier alpha value is -2.86. The number of aryl methyl sites for hydroxylation is 1. The average molecular weight is 428 g/mol. The molecule has 3 aromatic rings. The first kappa shape index (κ1) is 21.8. The molecule has 0 unspecified atom stereocenters. The summed E-state index contributed by atoms with van der Waals surface area (Å²) in [4.78, 5) is 29.0. The standard InChI is InChI=1S/C23H26ClN3O3/c1-16(2)30-23(29)15-27-20-7-4-3-6-19(20)26-21(27)8-5-13-25-22(28)14-17-9-11-18(24)12-10-17/h3-4,6-7,9-12,16H,5,8,13-15H2,1-2H3,(H,25,28). The zero-order valence-electron chi connectivity index (χ0n) is 17.2. The summed E-state index contributed by atoms with van der Waals surface area (Å²) < 4.78 is 7.19. The Bertz CT molecular complexity index is 1010. The Morgan fingerprint density at radius 1 is 1.13 bits per heavy atom. The van der Waals surface area contributed by atoms with Crippen molar-refractivity contribution in [3.8, 4) is 0 Å². The molecular formula is C23H26ClN3O3. The molecule has 0 spiro atoms. The molecule has 3 rings (SSSR count). The summed E-state index contributed by atoms with van der Waals surface area (Å²) >= 11 is 5.87. The maximum atomic E-state index is 12.2. The largest absolute Gasteiger partial charge is 0.462 e. The van der Waals surface area contributed by atoms with Gasteiger partial charge in [-0.15, -0.1) is 0 Å². The van der Waals surface area contributed by atoms with Crippen LogP contribution in [0.3, 0.4) is 0 Å². The van der Waals surface area contributed by atoms with E-state index in [1.165, 1.54) is 0 Å². The van der Waals surface area contributed by atoms with Gasteiger partial charge in [0.05, 0.1) is 23.6 Å². The molecule has 1 heterocycles. The number of aromatic nitrogens is 2. The second-order valence-corrected chi connectivity index (χ2v) is 7.83. The number of carbonyl (C=O) groups is 2. The molecule has 158 valence electrons. The minimum atomic E-state index is -0.286. The number of imidazole rings is 1. The molecule has 1 N–H and O–H groups in total. The quantitative estimate of drug-likeness (QED) is 0.414. The Balaban J connectivity index is 1.57. The summed E-state index contributed by atoms with van der Waals surface area (Å²) in [6.07, 6.45) is 1.52. The van der Waals surface area contributed by atoms with Crippen LogP contribution in [0, 0.1) is 0 Å². The van der Waals surface area contributed by atoms with Gasteiger partial charge in [-0.25, -0.2) is 4.98 Å². The molecule has 0 aliphatic heterocycles. The SMILES string of the molecule is CC(C)OC(=O)Cn1c(CCCNC(=O)Cc2ccc(Cl)cc2)nc2ccccc21. The van der Waals surface area contributed by atoms with E-state index in [4.69, 9.17) is 16.3 Å². The fourth-order valence-corrected chi connectivity index (χ4v) is 3.37. The number of nitrogens with one attached hydrogen (secondary N) is 1. The highest BCUT2D eigenvalue weighted by Gasteiger charge is 2.15. The number of carbonyl (C=O) groups excluding carboxylic acids is 2. The Morgan fingerprint density at radius 3 is 2.60 bits per heavy atom. The predicted molar refractivity (Wildman–Crippen MR) is 117 cm³/mol. The van der Waals surface area contributed by atoms with E-state index in [0.29, 0.717) is 24.4 Å². The predicted octanol–water partition coefficient (Wildman–Crippen LogP) is 3.93. The smallest absolute Gasteiger partial charge is 0.326 e. The van der Waals surface area contributed by atoms with Gasteiger partial charge in [0.25, 0.3) is 0 Å². The average Bonchev–Trinajstić information content (AvgIpc) is 3.04. The maximum Gasteiger partial charge on any atom is 0.326 e. The van der Waals surface area contributed by atoms with Gasteiger partial charge >= 0.3 is 5.97 Å². The van der Waals surface area contributed by atoms with Crippen LogP contribution in [-0.4, -0.2) is 34.1 Å². The number of hydrogen-bond donors (Lipinski definition) is 1. The molecule has 1 aromatic heterocycles. The van der Waals surface area contributed by atoms with Crippen molar-refractivity contribution in [3.05, 3.63) is 64.9 Å². The van der Waals surface area contributed by atoms with Gasteiger partial charge in [-0.1, -0.05) is 35.9 Å². The number of ether oxygens (including phenoxy) is 1. The summed E-state index contributed by atoms with van der Waals surface area (Å²) in [5.41, 5.74) is 2.67. The molecule has 0 fully saturated rings. The number of halogens is 1. The van der Waals surface area contributed by atoms with Crippen LogP contribution in [0.1, 0.15) is 31.7 Å². The maximum absolute atomic E-state index is 12.2. The summed E-state index contributed by atoms with van der Waals surface area (Å²) in [6.45, 7) is 4.32. The van der Waals surface area contributed by atoms with E-state index in [1.807, 2.05) is 54.8 Å². The molecule has 0 radical (unpaired) electrons. The van der Waals surface area contributed by atoms with Crippen LogP contribution < -0.4 is 5.32 Å². The number of rotatable bonds is 9. The molecule has 1 amide bonds. The van der Waals surface area contributed by atoms with Crippen molar-refractivity contribution in [2.24, 2.45) is 0 Å². The lowest BCUT2D eigenvalue weighted by Gasteiger charge is -2.11. The van der Waals surface area contributed by atoms with Crippen molar-refractivity contribution in [2.45, 2.75) is 45.8 Å². The molecule has 7 heteroatoms. The van der Waals surface area contributed by atoms with Crippen LogP contribution in [0.2, 0.25) is 5.02 Å². The molecule has 0 aliphatic rings. The number of fused-ring (bicyclic) bond motifs is 1. The molecule has 6 nitrogen and oxygen atoms in total. The van der Waals surface area contributed by atoms with E-state index >= 15 is 0 Å². The summed E-state index contributed by atoms with van der Waals surface area (Å²) in [7, 11) is 0. The third kappa shape index (κ3) is 6.07. The minimum absolute atomic E-state index is 0.0358. The summed E-state index contributed by atoms with van der Waals surface area (Å²) in [5.74, 6) is 0.487. The van der Waals surface area contributed by atoms with Crippen LogP contribution in [0.25, 0.3) is 11.0 Å². The van der Waals surface area contributed by atoms with Crippen molar-refractivity contribution < 1.29 is 14.3 Å². The Labute approximate surface area is 181 Å². The van der Waals surface area contributed by atoms with E-state index in [1.54, 1.807) is 12.1 Å². The van der Waals surface area contributed by atoms with Gasteiger partial charge in [-0.2, -0.15) is 0 Å². The summed E-state index contributed by atoms with van der Waals surface area (Å²) in [6, 6.07) is 15.0. The number of para-hydroxylation sites is 2. The molecule has 0 saturated carbocycles. The van der Waals surface area contributed by atoms with E-state index in [-0.39, 0.29) is 24.5 Å². The molecule has 0 saturated heterocycles. The molecule has 30 heavy (non-hydrogen) atoms. The zero-order chi connectivity index (χ0) is 21.5. The molecule has 0 atom stereocenters. The van der Waals surface area contributed by atoms with Gasteiger partial charge in [-0.3, -0.25) is 9.59 Å². The van der Waals surface area contributed by atoms with Crippen molar-refractivity contribution >= 4 is 34.5 Å². The zero-order valence-corrected chi connectivity index (χ0v) is 18.0. The van der Waals surface area contributed by atoms with Gasteiger partial charge in [0.2, 0.25) is 5.91 Å². The second kappa shape index (κ2) is 10.3.